The molecule has 0 saturated carbocycles. The van der Waals surface area contributed by atoms with E-state index in [-0.39, 0.29) is 11.1 Å². The molecule has 0 fully saturated rings. The first-order chi connectivity index (χ1) is 10.5. The molecule has 114 valence electrons. The molecule has 0 aliphatic carbocycles. The second kappa shape index (κ2) is 6.01. The number of thioether (sulfide) groups is 1. The summed E-state index contributed by atoms with van der Waals surface area (Å²) in [5, 5.41) is 11.9. The van der Waals surface area contributed by atoms with Crippen LogP contribution >= 0.6 is 23.1 Å². The van der Waals surface area contributed by atoms with E-state index in [9.17, 15) is 4.39 Å². The number of hydrogen-bond acceptors (Lipinski definition) is 8. The third-order valence-corrected chi connectivity index (χ3v) is 4.84. The van der Waals surface area contributed by atoms with Crippen LogP contribution in [0, 0.1) is 12.7 Å². The molecule has 9 heteroatoms. The lowest BCUT2D eigenvalue weighted by atomic mass is 10.1. The first kappa shape index (κ1) is 14.9. The number of nitrogens with zero attached hydrogens (tertiary/aromatic N) is 4. The van der Waals surface area contributed by atoms with E-state index < -0.39 is 0 Å². The Balaban J connectivity index is 1.79. The maximum absolute atomic E-state index is 13.6. The second-order valence-electron chi connectivity index (χ2n) is 4.59. The minimum Gasteiger partial charge on any atom is -0.374 e. The van der Waals surface area contributed by atoms with E-state index in [1.165, 1.54) is 29.2 Å². The van der Waals surface area contributed by atoms with E-state index in [0.717, 1.165) is 4.34 Å². The number of nitrogens with two attached hydrogens (primary N) is 1. The highest BCUT2D eigenvalue weighted by molar-refractivity contribution is 8.01. The van der Waals surface area contributed by atoms with Crippen LogP contribution in [0.5, 0.6) is 0 Å². The fraction of sp³-hybridized carbons (Fsp3) is 0.231. The Kier molecular flexibility index (Phi) is 4.08. The minimum atomic E-state index is -0.296. The molecular weight excluding hydrogens is 325 g/mol. The first-order valence-electron chi connectivity index (χ1n) is 6.38. The molecule has 0 aliphatic rings. The zero-order valence-electron chi connectivity index (χ0n) is 11.8. The van der Waals surface area contributed by atoms with Crippen LogP contribution in [0.15, 0.2) is 27.1 Å². The summed E-state index contributed by atoms with van der Waals surface area (Å²) in [6.45, 7) is 3.61. The van der Waals surface area contributed by atoms with Gasteiger partial charge in [0.25, 0.3) is 0 Å². The fourth-order valence-corrected chi connectivity index (χ4v) is 3.53. The van der Waals surface area contributed by atoms with Gasteiger partial charge in [-0.05, 0) is 25.5 Å². The molecule has 0 amide bonds. The summed E-state index contributed by atoms with van der Waals surface area (Å²) in [5.74, 6) is 0.503. The summed E-state index contributed by atoms with van der Waals surface area (Å²) < 4.78 is 19.6. The Morgan fingerprint density at radius 1 is 1.36 bits per heavy atom. The average molecular weight is 337 g/mol. The molecule has 6 nitrogen and oxygen atoms in total. The highest BCUT2D eigenvalue weighted by Crippen LogP contribution is 2.36. The largest absolute Gasteiger partial charge is 0.374 e. The van der Waals surface area contributed by atoms with Crippen molar-refractivity contribution >= 4 is 28.2 Å². The first-order valence-corrected chi connectivity index (χ1v) is 8.08. The number of aromatic nitrogens is 4. The van der Waals surface area contributed by atoms with Crippen molar-refractivity contribution in [3.8, 4) is 11.4 Å². The van der Waals surface area contributed by atoms with Crippen LogP contribution in [0.4, 0.5) is 9.52 Å². The van der Waals surface area contributed by atoms with Crippen LogP contribution in [0.25, 0.3) is 11.4 Å². The summed E-state index contributed by atoms with van der Waals surface area (Å²) in [4.78, 5) is 4.31. The van der Waals surface area contributed by atoms with Gasteiger partial charge in [-0.1, -0.05) is 40.4 Å². The van der Waals surface area contributed by atoms with Crippen LogP contribution in [-0.4, -0.2) is 20.3 Å². The maximum atomic E-state index is 13.6. The highest BCUT2D eigenvalue weighted by Gasteiger charge is 2.18. The average Bonchev–Trinajstić information content (AvgIpc) is 3.11. The van der Waals surface area contributed by atoms with Crippen LogP contribution in [0.1, 0.15) is 23.6 Å². The predicted octanol–water partition coefficient (Wildman–Crippen LogP) is 3.47. The number of rotatable bonds is 4. The maximum Gasteiger partial charge on any atom is 0.240 e. The molecule has 2 heterocycles. The van der Waals surface area contributed by atoms with E-state index in [4.69, 9.17) is 10.3 Å². The Hall–Kier alpha value is -2.00. The lowest BCUT2D eigenvalue weighted by molar-refractivity contribution is 0.381. The van der Waals surface area contributed by atoms with E-state index in [1.54, 1.807) is 19.1 Å². The third kappa shape index (κ3) is 3.09. The summed E-state index contributed by atoms with van der Waals surface area (Å²) in [7, 11) is 0. The van der Waals surface area contributed by atoms with Crippen molar-refractivity contribution < 1.29 is 8.91 Å². The molecule has 0 radical (unpaired) electrons. The van der Waals surface area contributed by atoms with Gasteiger partial charge in [0, 0.05) is 5.56 Å². The van der Waals surface area contributed by atoms with Gasteiger partial charge in [-0.2, -0.15) is 4.98 Å². The lowest BCUT2D eigenvalue weighted by Crippen LogP contribution is -1.90. The van der Waals surface area contributed by atoms with E-state index in [2.05, 4.69) is 20.3 Å². The SMILES string of the molecule is Cc1ccc(-c2noc(C(C)Sc3nnc(N)s3)n2)cc1F. The fourth-order valence-electron chi connectivity index (χ4n) is 1.72. The van der Waals surface area contributed by atoms with Crippen molar-refractivity contribution in [1.29, 1.82) is 0 Å². The van der Waals surface area contributed by atoms with Crippen molar-refractivity contribution in [3.63, 3.8) is 0 Å². The molecule has 1 unspecified atom stereocenters. The molecule has 0 saturated heterocycles. The molecule has 2 N–H and O–H groups in total. The van der Waals surface area contributed by atoms with E-state index >= 15 is 0 Å². The molecule has 0 aliphatic heterocycles. The van der Waals surface area contributed by atoms with Crippen molar-refractivity contribution in [2.45, 2.75) is 23.4 Å². The number of aryl methyl sites for hydroxylation is 1. The summed E-state index contributed by atoms with van der Waals surface area (Å²) in [5.41, 5.74) is 6.70. The highest BCUT2D eigenvalue weighted by atomic mass is 32.2. The Morgan fingerprint density at radius 2 is 2.18 bits per heavy atom. The normalized spacial score (nSPS) is 12.5. The van der Waals surface area contributed by atoms with Gasteiger partial charge in [0.15, 0.2) is 4.34 Å². The predicted molar refractivity (Wildman–Crippen MR) is 83.0 cm³/mol. The quantitative estimate of drug-likeness (QED) is 0.729. The van der Waals surface area contributed by atoms with Crippen molar-refractivity contribution in [3.05, 3.63) is 35.5 Å². The van der Waals surface area contributed by atoms with Crippen LogP contribution in [0.3, 0.4) is 0 Å². The van der Waals surface area contributed by atoms with E-state index in [0.29, 0.717) is 28.0 Å². The monoisotopic (exact) mass is 337 g/mol. The molecule has 0 bridgehead atoms. The molecular formula is C13H12FN5OS2. The minimum absolute atomic E-state index is 0.108. The van der Waals surface area contributed by atoms with Gasteiger partial charge in [-0.3, -0.25) is 0 Å². The van der Waals surface area contributed by atoms with Crippen LogP contribution in [-0.2, 0) is 0 Å². The zero-order chi connectivity index (χ0) is 15.7. The molecule has 1 atom stereocenters. The molecule has 22 heavy (non-hydrogen) atoms. The number of hydrogen-bond donors (Lipinski definition) is 1. The van der Waals surface area contributed by atoms with Crippen molar-refractivity contribution in [1.82, 2.24) is 20.3 Å². The van der Waals surface area contributed by atoms with Gasteiger partial charge in [-0.25, -0.2) is 4.39 Å². The Morgan fingerprint density at radius 3 is 2.86 bits per heavy atom. The van der Waals surface area contributed by atoms with E-state index in [1.807, 2.05) is 6.92 Å². The van der Waals surface area contributed by atoms with Crippen molar-refractivity contribution in [2.24, 2.45) is 0 Å². The Labute approximate surface area is 134 Å². The van der Waals surface area contributed by atoms with Gasteiger partial charge in [0.1, 0.15) is 5.82 Å². The van der Waals surface area contributed by atoms with Gasteiger partial charge in [-0.15, -0.1) is 10.2 Å². The van der Waals surface area contributed by atoms with Gasteiger partial charge >= 0.3 is 0 Å². The topological polar surface area (TPSA) is 90.7 Å². The zero-order valence-corrected chi connectivity index (χ0v) is 13.4. The number of anilines is 1. The number of benzene rings is 1. The second-order valence-corrected chi connectivity index (χ2v) is 7.18. The van der Waals surface area contributed by atoms with Crippen molar-refractivity contribution in [2.75, 3.05) is 5.73 Å². The smallest absolute Gasteiger partial charge is 0.240 e. The summed E-state index contributed by atoms with van der Waals surface area (Å²) >= 11 is 2.72. The Bertz CT molecular complexity index is 803. The third-order valence-electron chi connectivity index (χ3n) is 2.92. The van der Waals surface area contributed by atoms with Crippen LogP contribution in [0.2, 0.25) is 0 Å². The molecule has 1 aromatic carbocycles. The molecule has 0 spiro atoms. The summed E-state index contributed by atoms with van der Waals surface area (Å²) in [6, 6.07) is 4.84. The lowest BCUT2D eigenvalue weighted by Gasteiger charge is -2.01. The summed E-state index contributed by atoms with van der Waals surface area (Å²) in [6.07, 6.45) is 0. The van der Waals surface area contributed by atoms with Crippen LogP contribution < -0.4 is 5.73 Å². The van der Waals surface area contributed by atoms with Gasteiger partial charge in [0.05, 0.1) is 5.25 Å². The molecule has 3 aromatic rings. The standard InChI is InChI=1S/C13H12FN5OS2/c1-6-3-4-8(5-9(6)14)10-16-11(20-19-10)7(2)21-13-18-17-12(15)22-13/h3-5,7H,1-2H3,(H2,15,17). The molecule has 3 rings (SSSR count). The number of nitrogen functional groups attached to an aromatic ring is 1. The van der Waals surface area contributed by atoms with Gasteiger partial charge < -0.3 is 10.3 Å². The molecule has 2 aromatic heterocycles. The number of halogens is 1. The van der Waals surface area contributed by atoms with Gasteiger partial charge in [0.2, 0.25) is 16.8 Å².